The number of hydrogen-bond acceptors (Lipinski definition) is 1. The van der Waals surface area contributed by atoms with Crippen LogP contribution in [0.3, 0.4) is 0 Å². The lowest BCUT2D eigenvalue weighted by Crippen LogP contribution is -2.11. The number of para-hydroxylation sites is 1. The van der Waals surface area contributed by atoms with Crippen LogP contribution >= 0.6 is 11.6 Å². The maximum absolute atomic E-state index is 6.28. The fourth-order valence-corrected chi connectivity index (χ4v) is 1.82. The number of benzene rings is 1. The summed E-state index contributed by atoms with van der Waals surface area (Å²) < 4.78 is 5.80. The van der Waals surface area contributed by atoms with E-state index >= 15 is 0 Å². The van der Waals surface area contributed by atoms with Gasteiger partial charge in [-0.2, -0.15) is 0 Å². The Bertz CT molecular complexity index is 333. The van der Waals surface area contributed by atoms with Gasteiger partial charge in [0.25, 0.3) is 0 Å². The third kappa shape index (κ3) is 4.99. The fourth-order valence-electron chi connectivity index (χ4n) is 1.71. The second kappa shape index (κ2) is 6.90. The maximum atomic E-state index is 6.28. The first-order valence-corrected chi connectivity index (χ1v) is 6.83. The van der Waals surface area contributed by atoms with E-state index in [-0.39, 0.29) is 11.5 Å². The molecule has 0 fully saturated rings. The number of halogens is 1. The van der Waals surface area contributed by atoms with E-state index < -0.39 is 0 Å². The summed E-state index contributed by atoms with van der Waals surface area (Å²) in [6, 6.07) is 8.23. The zero-order chi connectivity index (χ0) is 12.8. The van der Waals surface area contributed by atoms with E-state index in [1.165, 1.54) is 5.56 Å². The molecule has 1 aromatic rings. The summed E-state index contributed by atoms with van der Waals surface area (Å²) >= 11 is 6.28. The molecule has 1 rings (SSSR count). The number of ether oxygens (including phenoxy) is 1. The normalized spacial score (nSPS) is 13.1. The molecule has 0 heterocycles. The fraction of sp³-hybridized carbons (Fsp3) is 0.600. The van der Waals surface area contributed by atoms with E-state index in [9.17, 15) is 0 Å². The van der Waals surface area contributed by atoms with Gasteiger partial charge in [-0.1, -0.05) is 32.0 Å². The first-order valence-electron chi connectivity index (χ1n) is 6.39. The number of rotatable bonds is 6. The topological polar surface area (TPSA) is 9.23 Å². The number of alkyl halides is 1. The molecule has 0 aliphatic rings. The Morgan fingerprint density at radius 1 is 1.12 bits per heavy atom. The number of hydrogen-bond donors (Lipinski definition) is 0. The average molecular weight is 255 g/mol. The van der Waals surface area contributed by atoms with E-state index in [4.69, 9.17) is 16.3 Å². The third-order valence-corrected chi connectivity index (χ3v) is 3.47. The van der Waals surface area contributed by atoms with Crippen molar-refractivity contribution in [1.29, 1.82) is 0 Å². The van der Waals surface area contributed by atoms with Crippen LogP contribution in [0.25, 0.3) is 0 Å². The van der Waals surface area contributed by atoms with Crippen LogP contribution in [-0.2, 0) is 6.42 Å². The molecule has 96 valence electrons. The molecule has 0 aliphatic heterocycles. The smallest absolute Gasteiger partial charge is 0.122 e. The number of aryl methyl sites for hydroxylation is 1. The van der Waals surface area contributed by atoms with Crippen molar-refractivity contribution in [3.8, 4) is 5.75 Å². The van der Waals surface area contributed by atoms with Crippen molar-refractivity contribution in [2.45, 2.75) is 52.0 Å². The van der Waals surface area contributed by atoms with Crippen LogP contribution in [0.2, 0.25) is 0 Å². The van der Waals surface area contributed by atoms with E-state index in [1.807, 2.05) is 12.1 Å². The molecule has 1 atom stereocenters. The van der Waals surface area contributed by atoms with Crippen molar-refractivity contribution >= 4 is 11.6 Å². The lowest BCUT2D eigenvalue weighted by molar-refractivity contribution is 0.239. The zero-order valence-electron chi connectivity index (χ0n) is 11.2. The lowest BCUT2D eigenvalue weighted by Gasteiger charge is -2.16. The molecule has 1 unspecified atom stereocenters. The van der Waals surface area contributed by atoms with Crippen molar-refractivity contribution < 1.29 is 4.74 Å². The molecule has 0 saturated carbocycles. The Kier molecular flexibility index (Phi) is 5.84. The van der Waals surface area contributed by atoms with Gasteiger partial charge < -0.3 is 4.74 Å². The third-order valence-electron chi connectivity index (χ3n) is 2.75. The van der Waals surface area contributed by atoms with E-state index in [0.29, 0.717) is 5.92 Å². The monoisotopic (exact) mass is 254 g/mol. The van der Waals surface area contributed by atoms with Crippen LogP contribution in [0.4, 0.5) is 0 Å². The molecule has 2 heteroatoms. The summed E-state index contributed by atoms with van der Waals surface area (Å²) in [4.78, 5) is 0. The van der Waals surface area contributed by atoms with Gasteiger partial charge in [-0.25, -0.2) is 0 Å². The van der Waals surface area contributed by atoms with Gasteiger partial charge in [0.2, 0.25) is 0 Å². The van der Waals surface area contributed by atoms with Crippen LogP contribution in [0.1, 0.15) is 39.7 Å². The van der Waals surface area contributed by atoms with Gasteiger partial charge in [0.15, 0.2) is 0 Å². The molecule has 0 radical (unpaired) electrons. The van der Waals surface area contributed by atoms with E-state index in [1.54, 1.807) is 0 Å². The summed E-state index contributed by atoms with van der Waals surface area (Å²) in [5.74, 6) is 1.52. The van der Waals surface area contributed by atoms with Gasteiger partial charge in [-0.15, -0.1) is 11.6 Å². The van der Waals surface area contributed by atoms with Crippen LogP contribution in [0.5, 0.6) is 5.75 Å². The molecular formula is C15H23ClO. The van der Waals surface area contributed by atoms with Crippen molar-refractivity contribution in [2.75, 3.05) is 0 Å². The molecule has 0 spiro atoms. The van der Waals surface area contributed by atoms with Crippen LogP contribution in [0.15, 0.2) is 24.3 Å². The highest BCUT2D eigenvalue weighted by molar-refractivity contribution is 6.20. The van der Waals surface area contributed by atoms with Crippen molar-refractivity contribution in [3.63, 3.8) is 0 Å². The molecule has 1 aromatic carbocycles. The van der Waals surface area contributed by atoms with Gasteiger partial charge in [0.1, 0.15) is 5.75 Å². The minimum atomic E-state index is 0.216. The molecule has 0 N–H and O–H groups in total. The predicted octanol–water partition coefficient (Wildman–Crippen LogP) is 4.67. The molecule has 0 aliphatic carbocycles. The van der Waals surface area contributed by atoms with Crippen molar-refractivity contribution in [1.82, 2.24) is 0 Å². The first-order chi connectivity index (χ1) is 8.00. The maximum Gasteiger partial charge on any atom is 0.122 e. The Balaban J connectivity index is 2.63. The minimum absolute atomic E-state index is 0.216. The summed E-state index contributed by atoms with van der Waals surface area (Å²) in [5.41, 5.74) is 1.26. The molecule has 0 amide bonds. The van der Waals surface area contributed by atoms with Crippen molar-refractivity contribution in [2.24, 2.45) is 5.92 Å². The second-order valence-corrected chi connectivity index (χ2v) is 5.63. The van der Waals surface area contributed by atoms with Gasteiger partial charge in [0, 0.05) is 5.38 Å². The second-order valence-electron chi connectivity index (χ2n) is 5.07. The zero-order valence-corrected chi connectivity index (χ0v) is 12.0. The highest BCUT2D eigenvalue weighted by Gasteiger charge is 2.11. The lowest BCUT2D eigenvalue weighted by atomic mass is 10.0. The van der Waals surface area contributed by atoms with E-state index in [2.05, 4.69) is 39.8 Å². The minimum Gasteiger partial charge on any atom is -0.491 e. The molecular weight excluding hydrogens is 232 g/mol. The van der Waals surface area contributed by atoms with Crippen molar-refractivity contribution in [3.05, 3.63) is 29.8 Å². The van der Waals surface area contributed by atoms with E-state index in [0.717, 1.165) is 18.6 Å². The summed E-state index contributed by atoms with van der Waals surface area (Å²) in [6.45, 7) is 8.42. The molecule has 1 nitrogen and oxygen atoms in total. The van der Waals surface area contributed by atoms with Crippen LogP contribution in [-0.4, -0.2) is 11.5 Å². The molecule has 0 aromatic heterocycles. The van der Waals surface area contributed by atoms with Crippen LogP contribution < -0.4 is 4.74 Å². The van der Waals surface area contributed by atoms with Gasteiger partial charge in [-0.05, 0) is 44.2 Å². The summed E-state index contributed by atoms with van der Waals surface area (Å²) in [5, 5.41) is 0.238. The Hall–Kier alpha value is -0.690. The Morgan fingerprint density at radius 3 is 2.35 bits per heavy atom. The standard InChI is InChI=1S/C15H23ClO/c1-11(2)14(16)10-9-13-7-5-6-8-15(13)17-12(3)4/h5-8,11-12,14H,9-10H2,1-4H3. The summed E-state index contributed by atoms with van der Waals surface area (Å²) in [7, 11) is 0. The quantitative estimate of drug-likeness (QED) is 0.671. The van der Waals surface area contributed by atoms with Gasteiger partial charge in [-0.3, -0.25) is 0 Å². The largest absolute Gasteiger partial charge is 0.491 e. The SMILES string of the molecule is CC(C)Oc1ccccc1CCC(Cl)C(C)C. The van der Waals surface area contributed by atoms with Gasteiger partial charge >= 0.3 is 0 Å². The Morgan fingerprint density at radius 2 is 1.76 bits per heavy atom. The molecule has 0 saturated heterocycles. The Labute approximate surface area is 110 Å². The highest BCUT2D eigenvalue weighted by atomic mass is 35.5. The predicted molar refractivity (Wildman–Crippen MR) is 75.0 cm³/mol. The molecule has 0 bridgehead atoms. The highest BCUT2D eigenvalue weighted by Crippen LogP contribution is 2.23. The molecule has 17 heavy (non-hydrogen) atoms. The first kappa shape index (κ1) is 14.4. The average Bonchev–Trinajstić information content (AvgIpc) is 2.26. The van der Waals surface area contributed by atoms with Gasteiger partial charge in [0.05, 0.1) is 6.10 Å². The summed E-state index contributed by atoms with van der Waals surface area (Å²) in [6.07, 6.45) is 2.19. The van der Waals surface area contributed by atoms with Crippen LogP contribution in [0, 0.1) is 5.92 Å².